The van der Waals surface area contributed by atoms with Crippen molar-refractivity contribution in [1.82, 2.24) is 4.90 Å². The van der Waals surface area contributed by atoms with Gasteiger partial charge in [-0.2, -0.15) is 9.39 Å². The highest BCUT2D eigenvalue weighted by molar-refractivity contribution is 8.19. The zero-order valence-corrected chi connectivity index (χ0v) is 19.3. The van der Waals surface area contributed by atoms with E-state index in [1.165, 1.54) is 24.9 Å². The van der Waals surface area contributed by atoms with Crippen LogP contribution in [0.1, 0.15) is 30.0 Å². The van der Waals surface area contributed by atoms with Crippen molar-refractivity contribution >= 4 is 57.8 Å². The number of benzene rings is 1. The highest BCUT2D eigenvalue weighted by atomic mass is 32.2. The molecule has 1 aromatic carbocycles. The van der Waals surface area contributed by atoms with Gasteiger partial charge in [0.05, 0.1) is 30.2 Å². The molecule has 1 amide bonds. The predicted molar refractivity (Wildman–Crippen MR) is 128 cm³/mol. The molecule has 0 unspecified atom stereocenters. The number of methoxy groups -OCH3 is 1. The number of thioether (sulfide) groups is 1. The van der Waals surface area contributed by atoms with Crippen molar-refractivity contribution in [3.05, 3.63) is 53.3 Å². The SMILES string of the molecule is COC(=O)c1ccc(-c2ccc(/C=C3/C(=N)N4C(SCC(C)C)=NSC4=NC3=O)o2)cc1. The van der Waals surface area contributed by atoms with Gasteiger partial charge in [-0.15, -0.1) is 0 Å². The standard InChI is InChI=1S/C22H20N4O4S2/c1-12(2)11-31-22-25-32-21-24-19(27)16(18(23)26(21)22)10-15-8-9-17(30-15)13-4-6-14(7-5-13)20(28)29-3/h4-10,12,23H,11H2,1-3H3/b16-10-,23-18?. The van der Waals surface area contributed by atoms with Crippen molar-refractivity contribution in [1.29, 1.82) is 5.41 Å². The Labute approximate surface area is 193 Å². The van der Waals surface area contributed by atoms with Gasteiger partial charge < -0.3 is 9.15 Å². The van der Waals surface area contributed by atoms with Gasteiger partial charge in [-0.05, 0) is 36.3 Å². The first-order valence-corrected chi connectivity index (χ1v) is 11.5. The van der Waals surface area contributed by atoms with Crippen LogP contribution in [0.25, 0.3) is 17.4 Å². The monoisotopic (exact) mass is 468 g/mol. The minimum Gasteiger partial charge on any atom is -0.465 e. The Morgan fingerprint density at radius 1 is 1.28 bits per heavy atom. The molecule has 0 fully saturated rings. The Kier molecular flexibility index (Phi) is 6.33. The van der Waals surface area contributed by atoms with Crippen LogP contribution in [0.5, 0.6) is 0 Å². The van der Waals surface area contributed by atoms with Crippen LogP contribution in [-0.2, 0) is 9.53 Å². The number of nitrogens with zero attached hydrogens (tertiary/aromatic N) is 3. The lowest BCUT2D eigenvalue weighted by Gasteiger charge is -2.24. The summed E-state index contributed by atoms with van der Waals surface area (Å²) in [5, 5.41) is 9.63. The molecule has 2 aromatic rings. The zero-order chi connectivity index (χ0) is 22.8. The minimum atomic E-state index is -0.501. The maximum Gasteiger partial charge on any atom is 0.337 e. The molecule has 1 aromatic heterocycles. The van der Waals surface area contributed by atoms with E-state index < -0.39 is 11.9 Å². The zero-order valence-electron chi connectivity index (χ0n) is 17.6. The highest BCUT2D eigenvalue weighted by Crippen LogP contribution is 2.33. The lowest BCUT2D eigenvalue weighted by Crippen LogP contribution is -2.41. The number of fused-ring (bicyclic) bond motifs is 1. The van der Waals surface area contributed by atoms with Gasteiger partial charge in [-0.1, -0.05) is 37.7 Å². The van der Waals surface area contributed by atoms with Crippen LogP contribution in [0.3, 0.4) is 0 Å². The topological polar surface area (TPSA) is 108 Å². The van der Waals surface area contributed by atoms with E-state index in [0.717, 1.165) is 23.3 Å². The van der Waals surface area contributed by atoms with Crippen molar-refractivity contribution in [2.75, 3.05) is 12.9 Å². The first-order chi connectivity index (χ1) is 15.4. The largest absolute Gasteiger partial charge is 0.465 e. The average molecular weight is 469 g/mol. The van der Waals surface area contributed by atoms with Crippen LogP contribution in [0.4, 0.5) is 0 Å². The van der Waals surface area contributed by atoms with Crippen LogP contribution in [0, 0.1) is 11.3 Å². The minimum absolute atomic E-state index is 0.0281. The van der Waals surface area contributed by atoms with Gasteiger partial charge in [0.2, 0.25) is 5.17 Å². The maximum absolute atomic E-state index is 12.6. The van der Waals surface area contributed by atoms with E-state index >= 15 is 0 Å². The number of esters is 1. The Balaban J connectivity index is 1.56. The summed E-state index contributed by atoms with van der Waals surface area (Å²) in [4.78, 5) is 29.8. The summed E-state index contributed by atoms with van der Waals surface area (Å²) in [7, 11) is 1.33. The second-order valence-electron chi connectivity index (χ2n) is 7.38. The Hall–Kier alpha value is -3.11. The second kappa shape index (κ2) is 9.17. The number of hydrogen-bond donors (Lipinski definition) is 1. The molecule has 0 saturated heterocycles. The third kappa shape index (κ3) is 4.42. The summed E-state index contributed by atoms with van der Waals surface area (Å²) in [6, 6.07) is 10.3. The molecule has 0 aliphatic carbocycles. The van der Waals surface area contributed by atoms with Gasteiger partial charge in [-0.25, -0.2) is 9.69 Å². The summed E-state index contributed by atoms with van der Waals surface area (Å²) in [6.07, 6.45) is 1.52. The molecule has 2 aliphatic rings. The summed E-state index contributed by atoms with van der Waals surface area (Å²) in [5.74, 6) is 1.42. The second-order valence-corrected chi connectivity index (χ2v) is 9.10. The van der Waals surface area contributed by atoms with E-state index in [4.69, 9.17) is 14.6 Å². The fraction of sp³-hybridized carbons (Fsp3) is 0.227. The molecular weight excluding hydrogens is 448 g/mol. The van der Waals surface area contributed by atoms with Crippen molar-refractivity contribution in [3.8, 4) is 11.3 Å². The van der Waals surface area contributed by atoms with Gasteiger partial charge in [0.25, 0.3) is 5.91 Å². The number of hydrogen-bond acceptors (Lipinski definition) is 8. The number of amidine groups is 3. The third-order valence-corrected chi connectivity index (χ3v) is 6.73. The molecule has 1 N–H and O–H groups in total. The fourth-order valence-electron chi connectivity index (χ4n) is 2.95. The molecule has 0 radical (unpaired) electrons. The highest BCUT2D eigenvalue weighted by Gasteiger charge is 2.37. The summed E-state index contributed by atoms with van der Waals surface area (Å²) < 4.78 is 14.9. The van der Waals surface area contributed by atoms with Crippen molar-refractivity contribution < 1.29 is 18.7 Å². The summed E-state index contributed by atoms with van der Waals surface area (Å²) in [6.45, 7) is 4.22. The van der Waals surface area contributed by atoms with Crippen LogP contribution >= 0.6 is 23.7 Å². The number of aliphatic imine (C=N–C) groups is 1. The van der Waals surface area contributed by atoms with E-state index in [-0.39, 0.29) is 11.4 Å². The lowest BCUT2D eigenvalue weighted by molar-refractivity contribution is -0.114. The predicted octanol–water partition coefficient (Wildman–Crippen LogP) is 4.70. The fourth-order valence-corrected chi connectivity index (χ4v) is 4.75. The lowest BCUT2D eigenvalue weighted by atomic mass is 10.1. The summed E-state index contributed by atoms with van der Waals surface area (Å²) >= 11 is 2.64. The van der Waals surface area contributed by atoms with E-state index in [1.54, 1.807) is 41.3 Å². The molecule has 8 nitrogen and oxygen atoms in total. The molecule has 4 rings (SSSR count). The first-order valence-electron chi connectivity index (χ1n) is 9.77. The molecule has 10 heteroatoms. The normalized spacial score (nSPS) is 17.0. The Bertz CT molecular complexity index is 1180. The quantitative estimate of drug-likeness (QED) is 0.385. The van der Waals surface area contributed by atoms with Gasteiger partial charge in [0, 0.05) is 11.3 Å². The maximum atomic E-state index is 12.6. The Morgan fingerprint density at radius 3 is 2.72 bits per heavy atom. The molecule has 164 valence electrons. The first kappa shape index (κ1) is 22.1. The molecule has 0 bridgehead atoms. The van der Waals surface area contributed by atoms with E-state index in [2.05, 4.69) is 23.2 Å². The van der Waals surface area contributed by atoms with E-state index in [0.29, 0.717) is 33.3 Å². The molecular formula is C22H20N4O4S2. The van der Waals surface area contributed by atoms with Crippen molar-refractivity contribution in [3.63, 3.8) is 0 Å². The van der Waals surface area contributed by atoms with Gasteiger partial charge >= 0.3 is 5.97 Å². The van der Waals surface area contributed by atoms with Crippen LogP contribution in [0.2, 0.25) is 0 Å². The number of amides is 1. The van der Waals surface area contributed by atoms with Crippen LogP contribution < -0.4 is 0 Å². The van der Waals surface area contributed by atoms with Gasteiger partial charge in [0.15, 0.2) is 5.17 Å². The molecule has 0 atom stereocenters. The van der Waals surface area contributed by atoms with E-state index in [9.17, 15) is 9.59 Å². The van der Waals surface area contributed by atoms with Crippen molar-refractivity contribution in [2.45, 2.75) is 13.8 Å². The molecule has 0 saturated carbocycles. The molecule has 2 aliphatic heterocycles. The number of ether oxygens (including phenoxy) is 1. The smallest absolute Gasteiger partial charge is 0.337 e. The van der Waals surface area contributed by atoms with Crippen LogP contribution in [0.15, 0.2) is 55.8 Å². The number of rotatable bonds is 5. The molecule has 0 spiro atoms. The number of carbonyl (C=O) groups excluding carboxylic acids is 2. The Morgan fingerprint density at radius 2 is 2.03 bits per heavy atom. The number of carbonyl (C=O) groups is 2. The molecule has 32 heavy (non-hydrogen) atoms. The van der Waals surface area contributed by atoms with Gasteiger partial charge in [-0.3, -0.25) is 10.2 Å². The van der Waals surface area contributed by atoms with Crippen LogP contribution in [-0.4, -0.2) is 45.8 Å². The molecule has 3 heterocycles. The average Bonchev–Trinajstić information content (AvgIpc) is 3.42. The number of nitrogens with one attached hydrogen (secondary N) is 1. The third-order valence-electron chi connectivity index (χ3n) is 4.54. The van der Waals surface area contributed by atoms with Gasteiger partial charge in [0.1, 0.15) is 17.4 Å². The summed E-state index contributed by atoms with van der Waals surface area (Å²) in [5.41, 5.74) is 1.34. The van der Waals surface area contributed by atoms with E-state index in [1.807, 2.05) is 0 Å². The number of furan rings is 1. The van der Waals surface area contributed by atoms with Crippen molar-refractivity contribution in [2.24, 2.45) is 15.3 Å².